The summed E-state index contributed by atoms with van der Waals surface area (Å²) < 4.78 is 0. The fourth-order valence-electron chi connectivity index (χ4n) is 3.39. The topological polar surface area (TPSA) is 70.2 Å². The maximum Gasteiger partial charge on any atom is 0.227 e. The number of aromatic nitrogens is 2. The summed E-state index contributed by atoms with van der Waals surface area (Å²) in [6.07, 6.45) is 3.78. The Hall–Kier alpha value is -3.15. The van der Waals surface area contributed by atoms with Crippen LogP contribution in [0.4, 0.5) is 17.3 Å². The molecule has 6 nitrogen and oxygen atoms in total. The Labute approximate surface area is 158 Å². The fourth-order valence-corrected chi connectivity index (χ4v) is 3.39. The Morgan fingerprint density at radius 1 is 1.04 bits per heavy atom. The van der Waals surface area contributed by atoms with Gasteiger partial charge in [-0.05, 0) is 43.2 Å². The predicted octanol–water partition coefficient (Wildman–Crippen LogP) is 3.80. The second kappa shape index (κ2) is 7.61. The lowest BCUT2D eigenvalue weighted by atomic mass is 10.0. The number of carbonyl (C=O) groups excluding carboxylic acids is 1. The molecule has 1 saturated heterocycles. The van der Waals surface area contributed by atoms with Gasteiger partial charge in [0.1, 0.15) is 0 Å². The summed E-state index contributed by atoms with van der Waals surface area (Å²) in [5, 5.41) is 7.84. The average molecular weight is 361 g/mol. The number of hydrogen-bond donors (Lipinski definition) is 2. The molecule has 0 atom stereocenters. The molecule has 2 N–H and O–H groups in total. The minimum Gasteiger partial charge on any atom is -0.382 e. The van der Waals surface area contributed by atoms with Crippen LogP contribution in [-0.2, 0) is 4.79 Å². The second-order valence-electron chi connectivity index (χ2n) is 6.88. The van der Waals surface area contributed by atoms with Crippen LogP contribution in [0.3, 0.4) is 0 Å². The van der Waals surface area contributed by atoms with Crippen molar-refractivity contribution in [1.82, 2.24) is 14.9 Å². The van der Waals surface area contributed by atoms with Gasteiger partial charge >= 0.3 is 0 Å². The molecule has 1 aliphatic heterocycles. The van der Waals surface area contributed by atoms with Crippen molar-refractivity contribution in [2.75, 3.05) is 23.7 Å². The normalized spacial score (nSPS) is 14.9. The van der Waals surface area contributed by atoms with Gasteiger partial charge in [0.2, 0.25) is 11.9 Å². The van der Waals surface area contributed by atoms with Crippen molar-refractivity contribution in [2.24, 2.45) is 0 Å². The molecule has 3 aromatic rings. The van der Waals surface area contributed by atoms with E-state index in [1.54, 1.807) is 6.92 Å². The number of piperidine rings is 1. The Morgan fingerprint density at radius 3 is 2.48 bits per heavy atom. The number of anilines is 3. The van der Waals surface area contributed by atoms with Gasteiger partial charge in [0.15, 0.2) is 0 Å². The van der Waals surface area contributed by atoms with Crippen LogP contribution in [0.25, 0.3) is 10.9 Å². The van der Waals surface area contributed by atoms with Gasteiger partial charge in [0.25, 0.3) is 0 Å². The highest BCUT2D eigenvalue weighted by atomic mass is 16.2. The van der Waals surface area contributed by atoms with Gasteiger partial charge in [0.05, 0.1) is 5.52 Å². The first kappa shape index (κ1) is 17.3. The summed E-state index contributed by atoms with van der Waals surface area (Å²) in [5.74, 6) is 0.755. The number of para-hydroxylation sites is 1. The molecule has 0 spiro atoms. The molecule has 1 aliphatic rings. The monoisotopic (exact) mass is 361 g/mol. The summed E-state index contributed by atoms with van der Waals surface area (Å²) in [6.45, 7) is 3.29. The summed E-state index contributed by atoms with van der Waals surface area (Å²) >= 11 is 0. The van der Waals surface area contributed by atoms with E-state index in [2.05, 4.69) is 32.7 Å². The molecule has 0 unspecified atom stereocenters. The van der Waals surface area contributed by atoms with Gasteiger partial charge < -0.3 is 15.5 Å². The van der Waals surface area contributed by atoms with E-state index in [-0.39, 0.29) is 5.91 Å². The van der Waals surface area contributed by atoms with Gasteiger partial charge in [-0.1, -0.05) is 18.2 Å². The molecule has 0 radical (unpaired) electrons. The van der Waals surface area contributed by atoms with Crippen molar-refractivity contribution in [3.63, 3.8) is 0 Å². The fraction of sp³-hybridized carbons (Fsp3) is 0.286. The lowest BCUT2D eigenvalue weighted by molar-refractivity contribution is -0.129. The van der Waals surface area contributed by atoms with E-state index >= 15 is 0 Å². The van der Waals surface area contributed by atoms with Crippen molar-refractivity contribution in [3.05, 3.63) is 54.7 Å². The lowest BCUT2D eigenvalue weighted by Crippen LogP contribution is -2.41. The highest BCUT2D eigenvalue weighted by Gasteiger charge is 2.20. The van der Waals surface area contributed by atoms with E-state index in [1.807, 2.05) is 47.5 Å². The molecular formula is C21H23N5O. The first-order valence-electron chi connectivity index (χ1n) is 9.28. The van der Waals surface area contributed by atoms with Crippen molar-refractivity contribution in [3.8, 4) is 0 Å². The number of benzene rings is 2. The summed E-state index contributed by atoms with van der Waals surface area (Å²) in [7, 11) is 0. The quantitative estimate of drug-likeness (QED) is 0.740. The highest BCUT2D eigenvalue weighted by Crippen LogP contribution is 2.21. The molecule has 1 fully saturated rings. The van der Waals surface area contributed by atoms with Gasteiger partial charge in [-0.3, -0.25) is 4.79 Å². The van der Waals surface area contributed by atoms with E-state index in [9.17, 15) is 4.79 Å². The predicted molar refractivity (Wildman–Crippen MR) is 108 cm³/mol. The summed E-state index contributed by atoms with van der Waals surface area (Å²) in [5.41, 5.74) is 2.95. The number of hydrogen-bond acceptors (Lipinski definition) is 5. The molecule has 6 heteroatoms. The van der Waals surface area contributed by atoms with E-state index in [1.165, 1.54) is 0 Å². The zero-order valence-corrected chi connectivity index (χ0v) is 15.4. The van der Waals surface area contributed by atoms with Gasteiger partial charge in [-0.25, -0.2) is 9.97 Å². The van der Waals surface area contributed by atoms with Crippen LogP contribution in [0.1, 0.15) is 19.8 Å². The van der Waals surface area contributed by atoms with Gasteiger partial charge in [-0.15, -0.1) is 0 Å². The minimum atomic E-state index is 0.166. The van der Waals surface area contributed by atoms with E-state index in [4.69, 9.17) is 0 Å². The van der Waals surface area contributed by atoms with Crippen LogP contribution < -0.4 is 10.6 Å². The van der Waals surface area contributed by atoms with Crippen LogP contribution in [0.5, 0.6) is 0 Å². The molecule has 27 heavy (non-hydrogen) atoms. The summed E-state index contributed by atoms with van der Waals surface area (Å²) in [6, 6.07) is 16.5. The van der Waals surface area contributed by atoms with Crippen LogP contribution >= 0.6 is 0 Å². The number of nitrogens with zero attached hydrogens (tertiary/aromatic N) is 3. The first-order valence-corrected chi connectivity index (χ1v) is 9.28. The van der Waals surface area contributed by atoms with Crippen LogP contribution in [0.15, 0.2) is 54.7 Å². The number of likely N-dealkylation sites (tertiary alicyclic amines) is 1. The third-order valence-corrected chi connectivity index (χ3v) is 4.94. The zero-order valence-electron chi connectivity index (χ0n) is 15.4. The molecule has 1 aromatic heterocycles. The maximum atomic E-state index is 11.4. The van der Waals surface area contributed by atoms with Crippen LogP contribution in [0.2, 0.25) is 0 Å². The van der Waals surface area contributed by atoms with E-state index < -0.39 is 0 Å². The second-order valence-corrected chi connectivity index (χ2v) is 6.88. The molecular weight excluding hydrogens is 338 g/mol. The Kier molecular flexibility index (Phi) is 4.87. The minimum absolute atomic E-state index is 0.166. The zero-order chi connectivity index (χ0) is 18.6. The molecule has 0 bridgehead atoms. The van der Waals surface area contributed by atoms with Crippen molar-refractivity contribution >= 4 is 34.1 Å². The maximum absolute atomic E-state index is 11.4. The molecule has 138 valence electrons. The number of fused-ring (bicyclic) bond motifs is 1. The largest absolute Gasteiger partial charge is 0.382 e. The highest BCUT2D eigenvalue weighted by molar-refractivity contribution is 5.79. The number of rotatable bonds is 4. The Morgan fingerprint density at radius 2 is 1.74 bits per heavy atom. The molecule has 4 rings (SSSR count). The Bertz CT molecular complexity index is 933. The average Bonchev–Trinajstić information content (AvgIpc) is 2.70. The van der Waals surface area contributed by atoms with Gasteiger partial charge in [0, 0.05) is 49.0 Å². The third kappa shape index (κ3) is 4.16. The number of amides is 1. The standard InChI is InChI=1S/C21H23N5O/c1-15(27)26-12-10-19(11-13-26)23-17-6-8-18(9-7-17)24-21-22-14-16-4-2-3-5-20(16)25-21/h2-9,14,19,23H,10-13H2,1H3,(H,22,24,25). The van der Waals surface area contributed by atoms with Crippen molar-refractivity contribution in [1.29, 1.82) is 0 Å². The molecule has 0 aliphatic carbocycles. The van der Waals surface area contributed by atoms with Gasteiger partial charge in [-0.2, -0.15) is 0 Å². The molecule has 0 saturated carbocycles. The first-order chi connectivity index (χ1) is 13.2. The molecule has 2 heterocycles. The van der Waals surface area contributed by atoms with Crippen LogP contribution in [0, 0.1) is 0 Å². The molecule has 2 aromatic carbocycles. The SMILES string of the molecule is CC(=O)N1CCC(Nc2ccc(Nc3ncc4ccccc4n3)cc2)CC1. The van der Waals surface area contributed by atoms with Crippen LogP contribution in [-0.4, -0.2) is 39.9 Å². The number of carbonyl (C=O) groups is 1. The number of nitrogens with one attached hydrogen (secondary N) is 2. The third-order valence-electron chi connectivity index (χ3n) is 4.94. The van der Waals surface area contributed by atoms with E-state index in [0.29, 0.717) is 12.0 Å². The van der Waals surface area contributed by atoms with E-state index in [0.717, 1.165) is 48.2 Å². The smallest absolute Gasteiger partial charge is 0.227 e. The lowest BCUT2D eigenvalue weighted by Gasteiger charge is -2.32. The summed E-state index contributed by atoms with van der Waals surface area (Å²) in [4.78, 5) is 22.2. The van der Waals surface area contributed by atoms with Crippen molar-refractivity contribution < 1.29 is 4.79 Å². The Balaban J connectivity index is 1.36. The molecule has 1 amide bonds. The van der Waals surface area contributed by atoms with Crippen molar-refractivity contribution in [2.45, 2.75) is 25.8 Å².